The van der Waals surface area contributed by atoms with Crippen molar-refractivity contribution in [2.75, 3.05) is 0 Å². The Labute approximate surface area is 130 Å². The third-order valence-electron chi connectivity index (χ3n) is 5.53. The van der Waals surface area contributed by atoms with Crippen LogP contribution in [0.15, 0.2) is 18.2 Å². The fraction of sp³-hybridized carbons (Fsp3) is 0.700. The van der Waals surface area contributed by atoms with Gasteiger partial charge in [-0.3, -0.25) is 0 Å². The molecule has 0 bridgehead atoms. The molecule has 2 atom stereocenters. The van der Waals surface area contributed by atoms with E-state index in [1.165, 1.54) is 23.1 Å². The summed E-state index contributed by atoms with van der Waals surface area (Å²) < 4.78 is 0. The second kappa shape index (κ2) is 6.12. The molecule has 1 heteroatoms. The lowest BCUT2D eigenvalue weighted by atomic mass is 9.76. The normalized spacial score (nSPS) is 27.4. The Kier molecular flexibility index (Phi) is 4.82. The molecule has 2 rings (SSSR count). The van der Waals surface area contributed by atoms with Crippen molar-refractivity contribution in [1.29, 1.82) is 0 Å². The molecule has 0 aliphatic heterocycles. The smallest absolute Gasteiger partial charge is 0.0688 e. The van der Waals surface area contributed by atoms with Crippen molar-refractivity contribution in [3.05, 3.63) is 34.9 Å². The van der Waals surface area contributed by atoms with Gasteiger partial charge in [-0.1, -0.05) is 45.4 Å². The first-order valence-corrected chi connectivity index (χ1v) is 8.49. The lowest BCUT2D eigenvalue weighted by Crippen LogP contribution is -2.31. The van der Waals surface area contributed by atoms with Crippen molar-refractivity contribution in [3.63, 3.8) is 0 Å². The summed E-state index contributed by atoms with van der Waals surface area (Å²) in [5.74, 6) is 0.740. The van der Waals surface area contributed by atoms with Gasteiger partial charge in [0.25, 0.3) is 0 Å². The Balaban J connectivity index is 2.13. The SMILES string of the molecule is Cc1cccc(C)c1CC1(O)CCCC(C(C)(C)C)CC1. The Hall–Kier alpha value is -0.820. The fourth-order valence-electron chi connectivity index (χ4n) is 3.89. The highest BCUT2D eigenvalue weighted by atomic mass is 16.3. The number of hydrogen-bond acceptors (Lipinski definition) is 1. The summed E-state index contributed by atoms with van der Waals surface area (Å²) in [5, 5.41) is 11.1. The van der Waals surface area contributed by atoms with Crippen LogP contribution in [-0.2, 0) is 6.42 Å². The summed E-state index contributed by atoms with van der Waals surface area (Å²) in [6.07, 6.45) is 6.30. The number of aryl methyl sites for hydroxylation is 2. The van der Waals surface area contributed by atoms with Gasteiger partial charge in [-0.05, 0) is 67.6 Å². The molecular weight excluding hydrogens is 256 g/mol. The van der Waals surface area contributed by atoms with Crippen LogP contribution in [-0.4, -0.2) is 10.7 Å². The van der Waals surface area contributed by atoms with Gasteiger partial charge >= 0.3 is 0 Å². The maximum atomic E-state index is 11.1. The summed E-state index contributed by atoms with van der Waals surface area (Å²) in [7, 11) is 0. The molecule has 0 aromatic heterocycles. The second-order valence-electron chi connectivity index (χ2n) is 8.27. The predicted octanol–water partition coefficient (Wildman–Crippen LogP) is 5.20. The Morgan fingerprint density at radius 2 is 1.71 bits per heavy atom. The van der Waals surface area contributed by atoms with Crippen molar-refractivity contribution in [2.24, 2.45) is 11.3 Å². The van der Waals surface area contributed by atoms with E-state index in [9.17, 15) is 5.11 Å². The lowest BCUT2D eigenvalue weighted by Gasteiger charge is -2.31. The van der Waals surface area contributed by atoms with Crippen LogP contribution in [0.3, 0.4) is 0 Å². The molecule has 0 amide bonds. The summed E-state index contributed by atoms with van der Waals surface area (Å²) >= 11 is 0. The first kappa shape index (κ1) is 16.5. The van der Waals surface area contributed by atoms with Crippen LogP contribution in [0.5, 0.6) is 0 Å². The van der Waals surface area contributed by atoms with E-state index >= 15 is 0 Å². The molecule has 0 saturated heterocycles. The van der Waals surface area contributed by atoms with E-state index in [2.05, 4.69) is 52.8 Å². The van der Waals surface area contributed by atoms with Crippen molar-refractivity contribution in [1.82, 2.24) is 0 Å². The zero-order valence-electron chi connectivity index (χ0n) is 14.5. The van der Waals surface area contributed by atoms with Gasteiger partial charge in [0.2, 0.25) is 0 Å². The first-order valence-electron chi connectivity index (χ1n) is 8.49. The minimum atomic E-state index is -0.503. The first-order chi connectivity index (χ1) is 9.71. The summed E-state index contributed by atoms with van der Waals surface area (Å²) in [6, 6.07) is 6.45. The average Bonchev–Trinajstić information content (AvgIpc) is 2.56. The second-order valence-corrected chi connectivity index (χ2v) is 8.27. The highest BCUT2D eigenvalue weighted by Gasteiger charge is 2.35. The van der Waals surface area contributed by atoms with Gasteiger partial charge in [-0.15, -0.1) is 0 Å². The molecule has 1 nitrogen and oxygen atoms in total. The molecule has 1 aromatic carbocycles. The number of rotatable bonds is 2. The van der Waals surface area contributed by atoms with Crippen molar-refractivity contribution in [2.45, 2.75) is 78.7 Å². The van der Waals surface area contributed by atoms with E-state index in [0.717, 1.165) is 38.0 Å². The minimum Gasteiger partial charge on any atom is -0.390 e. The van der Waals surface area contributed by atoms with Crippen molar-refractivity contribution >= 4 is 0 Å². The molecule has 1 N–H and O–H groups in total. The van der Waals surface area contributed by atoms with Crippen LogP contribution in [0.25, 0.3) is 0 Å². The van der Waals surface area contributed by atoms with Gasteiger partial charge in [0.1, 0.15) is 0 Å². The molecule has 2 unspecified atom stereocenters. The molecule has 1 aromatic rings. The monoisotopic (exact) mass is 288 g/mol. The molecule has 118 valence electrons. The molecular formula is C20H32O. The van der Waals surface area contributed by atoms with Crippen molar-refractivity contribution < 1.29 is 5.11 Å². The van der Waals surface area contributed by atoms with Crippen LogP contribution in [0.2, 0.25) is 0 Å². The van der Waals surface area contributed by atoms with E-state index in [4.69, 9.17) is 0 Å². The zero-order chi connectivity index (χ0) is 15.7. The van der Waals surface area contributed by atoms with Gasteiger partial charge in [0.05, 0.1) is 5.60 Å². The molecule has 0 radical (unpaired) electrons. The number of hydrogen-bond donors (Lipinski definition) is 1. The summed E-state index contributed by atoms with van der Waals surface area (Å²) in [6.45, 7) is 11.4. The van der Waals surface area contributed by atoms with Crippen LogP contribution in [0.1, 0.15) is 69.6 Å². The number of benzene rings is 1. The van der Waals surface area contributed by atoms with E-state index in [1.54, 1.807) is 0 Å². The Morgan fingerprint density at radius 3 is 2.29 bits per heavy atom. The van der Waals surface area contributed by atoms with E-state index < -0.39 is 5.60 Å². The maximum Gasteiger partial charge on any atom is 0.0688 e. The van der Waals surface area contributed by atoms with Gasteiger partial charge in [-0.25, -0.2) is 0 Å². The van der Waals surface area contributed by atoms with Crippen LogP contribution in [0, 0.1) is 25.2 Å². The Morgan fingerprint density at radius 1 is 1.10 bits per heavy atom. The standard InChI is InChI=1S/C20H32O/c1-15-8-6-9-16(2)18(15)14-20(21)12-7-10-17(11-13-20)19(3,4)5/h6,8-9,17,21H,7,10-14H2,1-5H3. The number of aliphatic hydroxyl groups is 1. The molecule has 1 saturated carbocycles. The van der Waals surface area contributed by atoms with E-state index in [-0.39, 0.29) is 0 Å². The fourth-order valence-corrected chi connectivity index (χ4v) is 3.89. The van der Waals surface area contributed by atoms with Gasteiger partial charge in [-0.2, -0.15) is 0 Å². The lowest BCUT2D eigenvalue weighted by molar-refractivity contribution is 0.0222. The topological polar surface area (TPSA) is 20.2 Å². The predicted molar refractivity (Wildman–Crippen MR) is 90.6 cm³/mol. The van der Waals surface area contributed by atoms with Gasteiger partial charge in [0.15, 0.2) is 0 Å². The van der Waals surface area contributed by atoms with Crippen molar-refractivity contribution in [3.8, 4) is 0 Å². The molecule has 0 heterocycles. The van der Waals surface area contributed by atoms with Crippen LogP contribution < -0.4 is 0 Å². The molecule has 0 spiro atoms. The third kappa shape index (κ3) is 4.10. The quantitative estimate of drug-likeness (QED) is 0.741. The minimum absolute atomic E-state index is 0.365. The largest absolute Gasteiger partial charge is 0.390 e. The highest BCUT2D eigenvalue weighted by Crippen LogP contribution is 2.41. The van der Waals surface area contributed by atoms with Crippen LogP contribution in [0.4, 0.5) is 0 Å². The Bertz CT molecular complexity index is 463. The third-order valence-corrected chi connectivity index (χ3v) is 5.53. The molecule has 1 fully saturated rings. The maximum absolute atomic E-state index is 11.1. The zero-order valence-corrected chi connectivity index (χ0v) is 14.5. The molecule has 1 aliphatic rings. The summed E-state index contributed by atoms with van der Waals surface area (Å²) in [5.41, 5.74) is 3.86. The molecule has 1 aliphatic carbocycles. The van der Waals surface area contributed by atoms with E-state index in [1.807, 2.05) is 0 Å². The highest BCUT2D eigenvalue weighted by molar-refractivity contribution is 5.34. The molecule has 21 heavy (non-hydrogen) atoms. The summed E-state index contributed by atoms with van der Waals surface area (Å²) in [4.78, 5) is 0. The van der Waals surface area contributed by atoms with Crippen LogP contribution >= 0.6 is 0 Å². The van der Waals surface area contributed by atoms with E-state index in [0.29, 0.717) is 5.41 Å². The van der Waals surface area contributed by atoms with Gasteiger partial charge < -0.3 is 5.11 Å². The average molecular weight is 288 g/mol. The van der Waals surface area contributed by atoms with Gasteiger partial charge in [0, 0.05) is 6.42 Å².